The molecule has 0 saturated heterocycles. The van der Waals surface area contributed by atoms with Crippen molar-refractivity contribution in [3.8, 4) is 0 Å². The Morgan fingerprint density at radius 3 is 2.33 bits per heavy atom. The van der Waals surface area contributed by atoms with E-state index < -0.39 is 28.1 Å². The molecule has 1 N–H and O–H groups in total. The van der Waals surface area contributed by atoms with Gasteiger partial charge in [0.05, 0.1) is 4.90 Å². The fraction of sp³-hybridized carbons (Fsp3) is 0.500. The molecule has 0 spiro atoms. The maximum Gasteiger partial charge on any atom is 0.321 e. The summed E-state index contributed by atoms with van der Waals surface area (Å²) >= 11 is 0. The van der Waals surface area contributed by atoms with Gasteiger partial charge in [0.15, 0.2) is 0 Å². The molecule has 0 heterocycles. The van der Waals surface area contributed by atoms with Crippen LogP contribution in [0, 0.1) is 6.92 Å². The van der Waals surface area contributed by atoms with Gasteiger partial charge in [0.25, 0.3) is 0 Å². The normalized spacial score (nSPS) is 12.0. The third kappa shape index (κ3) is 6.29. The molecule has 7 nitrogen and oxygen atoms in total. The molecule has 1 aromatic carbocycles. The van der Waals surface area contributed by atoms with Crippen LogP contribution in [0.3, 0.4) is 0 Å². The molecule has 0 aliphatic carbocycles. The van der Waals surface area contributed by atoms with E-state index in [0.29, 0.717) is 6.41 Å². The molecule has 0 bridgehead atoms. The minimum absolute atomic E-state index is 0.0335. The van der Waals surface area contributed by atoms with Crippen molar-refractivity contribution in [3.63, 3.8) is 0 Å². The van der Waals surface area contributed by atoms with Gasteiger partial charge in [-0.2, -0.15) is 4.31 Å². The minimum atomic E-state index is -3.87. The molecule has 0 fully saturated rings. The van der Waals surface area contributed by atoms with E-state index in [9.17, 15) is 18.0 Å². The molecule has 24 heavy (non-hydrogen) atoms. The SMILES string of the molecule is Cc1ccc(S(=O)(=O)N(CCNC=O)CC(=O)OC(C)(C)C)cc1. The van der Waals surface area contributed by atoms with Crippen molar-refractivity contribution in [1.82, 2.24) is 9.62 Å². The molecule has 1 aromatic rings. The lowest BCUT2D eigenvalue weighted by Gasteiger charge is -2.24. The second-order valence-corrected chi connectivity index (χ2v) is 8.25. The molecule has 0 aromatic heterocycles. The van der Waals surface area contributed by atoms with Gasteiger partial charge >= 0.3 is 5.97 Å². The van der Waals surface area contributed by atoms with E-state index in [-0.39, 0.29) is 18.0 Å². The number of nitrogens with one attached hydrogen (secondary N) is 1. The standard InChI is InChI=1S/C16H24N2O5S/c1-13-5-7-14(8-6-13)24(21,22)18(10-9-17-12-19)11-15(20)23-16(2,3)4/h5-8,12H,9-11H2,1-4H3,(H,17,19). The van der Waals surface area contributed by atoms with E-state index in [1.807, 2.05) is 6.92 Å². The Morgan fingerprint density at radius 2 is 1.83 bits per heavy atom. The highest BCUT2D eigenvalue weighted by molar-refractivity contribution is 7.89. The summed E-state index contributed by atoms with van der Waals surface area (Å²) < 4.78 is 31.7. The number of rotatable bonds is 8. The molecule has 1 rings (SSSR count). The summed E-state index contributed by atoms with van der Waals surface area (Å²) in [7, 11) is -3.87. The first-order valence-corrected chi connectivity index (χ1v) is 8.96. The minimum Gasteiger partial charge on any atom is -0.459 e. The zero-order valence-corrected chi connectivity index (χ0v) is 15.2. The van der Waals surface area contributed by atoms with Gasteiger partial charge in [0.1, 0.15) is 12.1 Å². The van der Waals surface area contributed by atoms with Gasteiger partial charge in [-0.25, -0.2) is 8.42 Å². The van der Waals surface area contributed by atoms with E-state index in [1.54, 1.807) is 32.9 Å². The maximum absolute atomic E-state index is 12.7. The second kappa shape index (κ2) is 8.25. The summed E-state index contributed by atoms with van der Waals surface area (Å²) in [4.78, 5) is 22.5. The van der Waals surface area contributed by atoms with Crippen LogP contribution in [-0.4, -0.2) is 50.3 Å². The van der Waals surface area contributed by atoms with Crippen LogP contribution in [0.15, 0.2) is 29.2 Å². The second-order valence-electron chi connectivity index (χ2n) is 6.31. The van der Waals surface area contributed by atoms with Gasteiger partial charge in [-0.15, -0.1) is 0 Å². The van der Waals surface area contributed by atoms with Crippen LogP contribution in [0.25, 0.3) is 0 Å². The third-order valence-electron chi connectivity index (χ3n) is 2.97. The first kappa shape index (κ1) is 20.1. The molecule has 0 aliphatic rings. The Bertz CT molecular complexity index is 663. The van der Waals surface area contributed by atoms with Crippen LogP contribution in [0.4, 0.5) is 0 Å². The van der Waals surface area contributed by atoms with Gasteiger partial charge in [0.2, 0.25) is 16.4 Å². The van der Waals surface area contributed by atoms with E-state index in [2.05, 4.69) is 5.32 Å². The summed E-state index contributed by atoms with van der Waals surface area (Å²) in [6.07, 6.45) is 0.476. The van der Waals surface area contributed by atoms with E-state index in [1.165, 1.54) is 12.1 Å². The zero-order valence-electron chi connectivity index (χ0n) is 14.4. The van der Waals surface area contributed by atoms with Crippen LogP contribution in [0.2, 0.25) is 0 Å². The fourth-order valence-electron chi connectivity index (χ4n) is 1.91. The number of aryl methyl sites for hydroxylation is 1. The van der Waals surface area contributed by atoms with Crippen molar-refractivity contribution in [2.24, 2.45) is 0 Å². The molecule has 0 aliphatic heterocycles. The van der Waals surface area contributed by atoms with Crippen molar-refractivity contribution in [1.29, 1.82) is 0 Å². The number of carbonyl (C=O) groups is 2. The Balaban J connectivity index is 3.00. The highest BCUT2D eigenvalue weighted by Crippen LogP contribution is 2.17. The lowest BCUT2D eigenvalue weighted by atomic mass is 10.2. The molecule has 1 amide bonds. The van der Waals surface area contributed by atoms with Gasteiger partial charge in [-0.05, 0) is 39.8 Å². The topological polar surface area (TPSA) is 92.8 Å². The third-order valence-corrected chi connectivity index (χ3v) is 4.83. The van der Waals surface area contributed by atoms with Gasteiger partial charge < -0.3 is 10.1 Å². The molecule has 0 atom stereocenters. The molecule has 8 heteroatoms. The summed E-state index contributed by atoms with van der Waals surface area (Å²) in [6.45, 7) is 6.61. The number of nitrogens with zero attached hydrogens (tertiary/aromatic N) is 1. The molecular weight excluding hydrogens is 332 g/mol. The van der Waals surface area contributed by atoms with Crippen LogP contribution in [0.5, 0.6) is 0 Å². The van der Waals surface area contributed by atoms with Crippen LogP contribution in [-0.2, 0) is 24.3 Å². The monoisotopic (exact) mass is 356 g/mol. The summed E-state index contributed by atoms with van der Waals surface area (Å²) in [6, 6.07) is 6.34. The quantitative estimate of drug-likeness (QED) is 0.427. The first-order chi connectivity index (χ1) is 11.1. The van der Waals surface area contributed by atoms with Gasteiger partial charge in [0, 0.05) is 13.1 Å². The number of hydrogen-bond donors (Lipinski definition) is 1. The number of esters is 1. The lowest BCUT2D eigenvalue weighted by molar-refractivity contribution is -0.154. The molecular formula is C16H24N2O5S. The molecule has 0 unspecified atom stereocenters. The molecule has 134 valence electrons. The first-order valence-electron chi connectivity index (χ1n) is 7.52. The average molecular weight is 356 g/mol. The van der Waals surface area contributed by atoms with E-state index >= 15 is 0 Å². The Labute approximate surface area is 143 Å². The highest BCUT2D eigenvalue weighted by Gasteiger charge is 2.28. The Hall–Kier alpha value is -1.93. The van der Waals surface area contributed by atoms with Gasteiger partial charge in [-0.1, -0.05) is 17.7 Å². The van der Waals surface area contributed by atoms with Crippen molar-refractivity contribution < 1.29 is 22.7 Å². The molecule has 0 radical (unpaired) electrons. The highest BCUT2D eigenvalue weighted by atomic mass is 32.2. The number of benzene rings is 1. The largest absolute Gasteiger partial charge is 0.459 e. The smallest absolute Gasteiger partial charge is 0.321 e. The summed E-state index contributed by atoms with van der Waals surface area (Å²) in [5.74, 6) is -0.649. The van der Waals surface area contributed by atoms with Crippen LogP contribution < -0.4 is 5.32 Å². The fourth-order valence-corrected chi connectivity index (χ4v) is 3.29. The van der Waals surface area contributed by atoms with E-state index in [4.69, 9.17) is 4.74 Å². The predicted molar refractivity (Wildman–Crippen MR) is 89.8 cm³/mol. The van der Waals surface area contributed by atoms with Crippen molar-refractivity contribution >= 4 is 22.4 Å². The van der Waals surface area contributed by atoms with Crippen molar-refractivity contribution in [2.45, 2.75) is 38.2 Å². The van der Waals surface area contributed by atoms with Crippen LogP contribution >= 0.6 is 0 Å². The number of amides is 1. The molecule has 0 saturated carbocycles. The Morgan fingerprint density at radius 1 is 1.25 bits per heavy atom. The van der Waals surface area contributed by atoms with E-state index in [0.717, 1.165) is 9.87 Å². The maximum atomic E-state index is 12.7. The lowest BCUT2D eigenvalue weighted by Crippen LogP contribution is -2.42. The number of carbonyl (C=O) groups excluding carboxylic acids is 2. The van der Waals surface area contributed by atoms with Gasteiger partial charge in [-0.3, -0.25) is 9.59 Å². The zero-order chi connectivity index (χ0) is 18.4. The van der Waals surface area contributed by atoms with Crippen LogP contribution in [0.1, 0.15) is 26.3 Å². The number of ether oxygens (including phenoxy) is 1. The van der Waals surface area contributed by atoms with Crippen molar-refractivity contribution in [2.75, 3.05) is 19.6 Å². The number of hydrogen-bond acceptors (Lipinski definition) is 5. The Kier molecular flexibility index (Phi) is 6.92. The van der Waals surface area contributed by atoms with Crippen molar-refractivity contribution in [3.05, 3.63) is 29.8 Å². The summed E-state index contributed by atoms with van der Waals surface area (Å²) in [5, 5.41) is 2.39. The average Bonchev–Trinajstić information content (AvgIpc) is 2.45. The summed E-state index contributed by atoms with van der Waals surface area (Å²) in [5.41, 5.74) is 0.215. The number of sulfonamides is 1. The predicted octanol–water partition coefficient (Wildman–Crippen LogP) is 1.07.